The third-order valence-electron chi connectivity index (χ3n) is 3.93. The minimum Gasteiger partial charge on any atom is -0.353 e. The molecule has 2 aromatic carbocycles. The van der Waals surface area contributed by atoms with Crippen LogP contribution in [0.2, 0.25) is 0 Å². The molecule has 1 aliphatic rings. The fraction of sp³-hybridized carbons (Fsp3) is 0.333. The van der Waals surface area contributed by atoms with E-state index in [-0.39, 0.29) is 5.72 Å². The predicted molar refractivity (Wildman–Crippen MR) is 85.8 cm³/mol. The normalized spacial score (nSPS) is 23.4. The number of hydroxylamine groups is 1. The van der Waals surface area contributed by atoms with Gasteiger partial charge in [-0.2, -0.15) is 5.48 Å². The highest BCUT2D eigenvalue weighted by molar-refractivity contribution is 5.15. The summed E-state index contributed by atoms with van der Waals surface area (Å²) in [6, 6.07) is 20.6. The quantitative estimate of drug-likeness (QED) is 0.447. The Morgan fingerprint density at radius 1 is 0.955 bits per heavy atom. The van der Waals surface area contributed by atoms with Gasteiger partial charge in [0.1, 0.15) is 5.72 Å². The molecule has 4 heteroatoms. The summed E-state index contributed by atoms with van der Waals surface area (Å²) in [4.78, 5) is 5.53. The molecule has 0 aliphatic carbocycles. The first kappa shape index (κ1) is 15.2. The van der Waals surface area contributed by atoms with E-state index in [0.717, 1.165) is 5.56 Å². The molecule has 0 amide bonds. The summed E-state index contributed by atoms with van der Waals surface area (Å²) in [6.07, 6.45) is 0. The molecule has 0 saturated carbocycles. The van der Waals surface area contributed by atoms with Crippen LogP contribution in [0.1, 0.15) is 18.1 Å². The van der Waals surface area contributed by atoms with Crippen LogP contribution >= 0.6 is 0 Å². The van der Waals surface area contributed by atoms with E-state index in [9.17, 15) is 0 Å². The molecule has 1 unspecified atom stereocenters. The van der Waals surface area contributed by atoms with Crippen LogP contribution in [0.5, 0.6) is 0 Å². The highest BCUT2D eigenvalue weighted by atomic mass is 16.6. The van der Waals surface area contributed by atoms with Crippen molar-refractivity contribution in [3.05, 3.63) is 71.8 Å². The molecular formula is C18H22N2O2. The van der Waals surface area contributed by atoms with Crippen LogP contribution in [-0.4, -0.2) is 18.3 Å². The van der Waals surface area contributed by atoms with Crippen molar-refractivity contribution in [2.75, 3.05) is 6.54 Å². The Labute approximate surface area is 131 Å². The van der Waals surface area contributed by atoms with E-state index in [1.807, 2.05) is 48.5 Å². The van der Waals surface area contributed by atoms with Crippen molar-refractivity contribution in [3.8, 4) is 0 Å². The highest BCUT2D eigenvalue weighted by Crippen LogP contribution is 2.28. The molecule has 2 N–H and O–H groups in total. The number of rotatable bonds is 8. The van der Waals surface area contributed by atoms with Gasteiger partial charge in [0.2, 0.25) is 0 Å². The molecule has 0 radical (unpaired) electrons. The molecule has 1 aliphatic heterocycles. The molecule has 116 valence electrons. The maximum Gasteiger partial charge on any atom is 0.150 e. The maximum atomic E-state index is 6.04. The summed E-state index contributed by atoms with van der Waals surface area (Å²) in [5.41, 5.74) is 5.01. The lowest BCUT2D eigenvalue weighted by atomic mass is 10.2. The molecule has 1 fully saturated rings. The van der Waals surface area contributed by atoms with Gasteiger partial charge in [0, 0.05) is 0 Å². The molecule has 2 atom stereocenters. The molecular weight excluding hydrogens is 276 g/mol. The van der Waals surface area contributed by atoms with Gasteiger partial charge in [-0.15, -0.1) is 0 Å². The lowest BCUT2D eigenvalue weighted by Gasteiger charge is -2.17. The van der Waals surface area contributed by atoms with Gasteiger partial charge in [0.15, 0.2) is 0 Å². The fourth-order valence-corrected chi connectivity index (χ4v) is 2.40. The third-order valence-corrected chi connectivity index (χ3v) is 3.93. The van der Waals surface area contributed by atoms with Gasteiger partial charge in [0.25, 0.3) is 0 Å². The van der Waals surface area contributed by atoms with E-state index in [2.05, 4.69) is 29.9 Å². The van der Waals surface area contributed by atoms with E-state index >= 15 is 0 Å². The summed E-state index contributed by atoms with van der Waals surface area (Å²) >= 11 is 0. The number of hydrogen-bond acceptors (Lipinski definition) is 4. The van der Waals surface area contributed by atoms with Gasteiger partial charge in [-0.25, -0.2) is 0 Å². The second kappa shape index (κ2) is 7.03. The first-order chi connectivity index (χ1) is 10.8. The predicted octanol–water partition coefficient (Wildman–Crippen LogP) is 2.61. The largest absolute Gasteiger partial charge is 0.353 e. The Morgan fingerprint density at radius 2 is 1.50 bits per heavy atom. The SMILES string of the molecule is C[C@@H]1NC1(CNOCc1ccccc1)OCc1ccccc1. The van der Waals surface area contributed by atoms with Crippen LogP contribution in [-0.2, 0) is 22.8 Å². The molecule has 3 rings (SSSR count). The second-order valence-corrected chi connectivity index (χ2v) is 5.63. The van der Waals surface area contributed by atoms with Crippen LogP contribution in [0, 0.1) is 0 Å². The summed E-state index contributed by atoms with van der Waals surface area (Å²) in [7, 11) is 0. The van der Waals surface area contributed by atoms with Crippen molar-refractivity contribution in [1.82, 2.24) is 10.8 Å². The number of benzene rings is 2. The number of nitrogens with one attached hydrogen (secondary N) is 2. The Bertz CT molecular complexity index is 576. The van der Waals surface area contributed by atoms with Crippen LogP contribution in [0.4, 0.5) is 0 Å². The monoisotopic (exact) mass is 298 g/mol. The van der Waals surface area contributed by atoms with Crippen LogP contribution in [0.25, 0.3) is 0 Å². The Balaban J connectivity index is 1.42. The average molecular weight is 298 g/mol. The Morgan fingerprint density at radius 3 is 2.05 bits per heavy atom. The summed E-state index contributed by atoms with van der Waals surface area (Å²) in [6.45, 7) is 3.88. The van der Waals surface area contributed by atoms with Crippen LogP contribution in [0.15, 0.2) is 60.7 Å². The Kier molecular flexibility index (Phi) is 4.85. The van der Waals surface area contributed by atoms with Gasteiger partial charge in [-0.1, -0.05) is 60.7 Å². The van der Waals surface area contributed by atoms with E-state index in [1.165, 1.54) is 5.56 Å². The summed E-state index contributed by atoms with van der Waals surface area (Å²) in [5, 5.41) is 3.35. The molecule has 2 aromatic rings. The van der Waals surface area contributed by atoms with Crippen molar-refractivity contribution < 1.29 is 9.57 Å². The first-order valence-electron chi connectivity index (χ1n) is 7.63. The zero-order valence-corrected chi connectivity index (χ0v) is 12.8. The van der Waals surface area contributed by atoms with E-state index in [4.69, 9.17) is 9.57 Å². The van der Waals surface area contributed by atoms with Crippen molar-refractivity contribution in [2.24, 2.45) is 0 Å². The fourth-order valence-electron chi connectivity index (χ4n) is 2.40. The van der Waals surface area contributed by atoms with Gasteiger partial charge in [-0.3, -0.25) is 10.2 Å². The van der Waals surface area contributed by atoms with Gasteiger partial charge in [0.05, 0.1) is 25.8 Å². The topological polar surface area (TPSA) is 52.4 Å². The summed E-state index contributed by atoms with van der Waals surface area (Å²) < 4.78 is 6.04. The molecule has 0 bridgehead atoms. The third kappa shape index (κ3) is 3.93. The number of hydrogen-bond donors (Lipinski definition) is 2. The Hall–Kier alpha value is -1.72. The van der Waals surface area contributed by atoms with Crippen LogP contribution in [0.3, 0.4) is 0 Å². The van der Waals surface area contributed by atoms with Gasteiger partial charge >= 0.3 is 0 Å². The minimum absolute atomic E-state index is 0.323. The lowest BCUT2D eigenvalue weighted by molar-refractivity contribution is -0.0431. The van der Waals surface area contributed by atoms with E-state index < -0.39 is 0 Å². The van der Waals surface area contributed by atoms with E-state index in [0.29, 0.717) is 25.8 Å². The average Bonchev–Trinajstić information content (AvgIpc) is 3.22. The smallest absolute Gasteiger partial charge is 0.150 e. The molecule has 0 spiro atoms. The van der Waals surface area contributed by atoms with Crippen molar-refractivity contribution in [3.63, 3.8) is 0 Å². The van der Waals surface area contributed by atoms with Crippen molar-refractivity contribution >= 4 is 0 Å². The first-order valence-corrected chi connectivity index (χ1v) is 7.63. The second-order valence-electron chi connectivity index (χ2n) is 5.63. The van der Waals surface area contributed by atoms with Crippen molar-refractivity contribution in [2.45, 2.75) is 31.9 Å². The zero-order valence-electron chi connectivity index (χ0n) is 12.8. The van der Waals surface area contributed by atoms with Gasteiger partial charge in [-0.05, 0) is 18.1 Å². The van der Waals surface area contributed by atoms with E-state index in [1.54, 1.807) is 0 Å². The molecule has 1 saturated heterocycles. The van der Waals surface area contributed by atoms with Crippen molar-refractivity contribution in [1.29, 1.82) is 0 Å². The molecule has 1 heterocycles. The maximum absolute atomic E-state index is 6.04. The van der Waals surface area contributed by atoms with Gasteiger partial charge < -0.3 is 4.74 Å². The minimum atomic E-state index is -0.327. The molecule has 4 nitrogen and oxygen atoms in total. The summed E-state index contributed by atoms with van der Waals surface area (Å²) in [5.74, 6) is 0. The standard InChI is InChI=1S/C18H22N2O2/c1-15-18(20-15,21-12-16-8-4-2-5-9-16)14-19-22-13-17-10-6-3-7-11-17/h2-11,15,19-20H,12-14H2,1H3/t15-,18?/m0/s1. The van der Waals surface area contributed by atoms with Crippen LogP contribution < -0.4 is 10.8 Å². The number of ether oxygens (including phenoxy) is 1. The lowest BCUT2D eigenvalue weighted by Crippen LogP contribution is -2.35. The zero-order chi connectivity index (χ0) is 15.3. The highest BCUT2D eigenvalue weighted by Gasteiger charge is 2.52. The molecule has 0 aromatic heterocycles. The molecule has 22 heavy (non-hydrogen) atoms.